The van der Waals surface area contributed by atoms with Crippen molar-refractivity contribution in [2.45, 2.75) is 12.8 Å². The van der Waals surface area contributed by atoms with Crippen LogP contribution in [0, 0.1) is 11.8 Å². The molecule has 1 heterocycles. The predicted octanol–water partition coefficient (Wildman–Crippen LogP) is 0.321. The Labute approximate surface area is 103 Å². The molecule has 2 fully saturated rings. The molecule has 2 atom stereocenters. The predicted molar refractivity (Wildman–Crippen MR) is 64.3 cm³/mol. The van der Waals surface area contributed by atoms with Crippen molar-refractivity contribution >= 4 is 10.1 Å². The standard InChI is InChI=1S/C11H21NO4S/c1-17(13,14)16-9-11-3-2-10(11)8-12-4-6-15-7-5-12/h10-11H,2-9H2,1H3/t10-,11+/m1/s1. The van der Waals surface area contributed by atoms with Crippen molar-refractivity contribution in [1.29, 1.82) is 0 Å². The number of rotatable bonds is 5. The monoisotopic (exact) mass is 263 g/mol. The van der Waals surface area contributed by atoms with Crippen molar-refractivity contribution in [3.8, 4) is 0 Å². The lowest BCUT2D eigenvalue weighted by molar-refractivity contribution is 0.00541. The smallest absolute Gasteiger partial charge is 0.264 e. The van der Waals surface area contributed by atoms with Gasteiger partial charge in [-0.3, -0.25) is 9.08 Å². The molecule has 0 spiro atoms. The fraction of sp³-hybridized carbons (Fsp3) is 1.00. The van der Waals surface area contributed by atoms with Crippen LogP contribution in [0.15, 0.2) is 0 Å². The van der Waals surface area contributed by atoms with E-state index < -0.39 is 10.1 Å². The second-order valence-electron chi connectivity index (χ2n) is 5.00. The van der Waals surface area contributed by atoms with Gasteiger partial charge in [-0.15, -0.1) is 0 Å². The summed E-state index contributed by atoms with van der Waals surface area (Å²) in [5.41, 5.74) is 0. The largest absolute Gasteiger partial charge is 0.379 e. The van der Waals surface area contributed by atoms with Crippen molar-refractivity contribution in [1.82, 2.24) is 4.90 Å². The summed E-state index contributed by atoms with van der Waals surface area (Å²) in [4.78, 5) is 2.40. The zero-order chi connectivity index (χ0) is 12.3. The summed E-state index contributed by atoms with van der Waals surface area (Å²) in [6.45, 7) is 5.04. The molecular formula is C11H21NO4S. The quantitative estimate of drug-likeness (QED) is 0.669. The van der Waals surface area contributed by atoms with Crippen molar-refractivity contribution in [2.75, 3.05) is 45.7 Å². The fourth-order valence-corrected chi connectivity index (χ4v) is 2.85. The van der Waals surface area contributed by atoms with E-state index in [1.54, 1.807) is 0 Å². The molecular weight excluding hydrogens is 242 g/mol. The summed E-state index contributed by atoms with van der Waals surface area (Å²) in [6, 6.07) is 0. The molecule has 0 amide bonds. The van der Waals surface area contributed by atoms with Crippen LogP contribution in [0.2, 0.25) is 0 Å². The van der Waals surface area contributed by atoms with Crippen LogP contribution in [0.5, 0.6) is 0 Å². The molecule has 0 aromatic carbocycles. The molecule has 1 saturated carbocycles. The van der Waals surface area contributed by atoms with Crippen molar-refractivity contribution in [3.05, 3.63) is 0 Å². The van der Waals surface area contributed by atoms with Crippen LogP contribution < -0.4 is 0 Å². The van der Waals surface area contributed by atoms with Gasteiger partial charge in [0.2, 0.25) is 0 Å². The highest BCUT2D eigenvalue weighted by atomic mass is 32.2. The summed E-state index contributed by atoms with van der Waals surface area (Å²) in [7, 11) is -3.29. The maximum absolute atomic E-state index is 10.9. The zero-order valence-corrected chi connectivity index (χ0v) is 11.1. The van der Waals surface area contributed by atoms with E-state index in [0.29, 0.717) is 18.4 Å². The third-order valence-corrected chi connectivity index (χ3v) is 4.23. The lowest BCUT2D eigenvalue weighted by Gasteiger charge is -2.40. The summed E-state index contributed by atoms with van der Waals surface area (Å²) in [5.74, 6) is 1.00. The summed E-state index contributed by atoms with van der Waals surface area (Å²) in [6.07, 6.45) is 3.39. The Morgan fingerprint density at radius 1 is 1.24 bits per heavy atom. The van der Waals surface area contributed by atoms with Gasteiger partial charge in [0.15, 0.2) is 0 Å². The zero-order valence-electron chi connectivity index (χ0n) is 10.3. The molecule has 1 aliphatic heterocycles. The molecule has 0 aromatic heterocycles. The van der Waals surface area contributed by atoms with Gasteiger partial charge in [0.25, 0.3) is 10.1 Å². The highest BCUT2D eigenvalue weighted by Gasteiger charge is 2.33. The Hall–Kier alpha value is -0.170. The number of hydrogen-bond donors (Lipinski definition) is 0. The molecule has 1 aliphatic carbocycles. The first-order valence-electron chi connectivity index (χ1n) is 6.19. The Morgan fingerprint density at radius 2 is 1.88 bits per heavy atom. The van der Waals surface area contributed by atoms with Gasteiger partial charge in [-0.05, 0) is 24.7 Å². The first kappa shape index (κ1) is 13.3. The Bertz CT molecular complexity index is 337. The highest BCUT2D eigenvalue weighted by molar-refractivity contribution is 7.85. The second-order valence-corrected chi connectivity index (χ2v) is 6.64. The van der Waals surface area contributed by atoms with E-state index in [9.17, 15) is 8.42 Å². The van der Waals surface area contributed by atoms with E-state index in [1.807, 2.05) is 0 Å². The van der Waals surface area contributed by atoms with Crippen LogP contribution in [0.1, 0.15) is 12.8 Å². The molecule has 0 bridgehead atoms. The maximum Gasteiger partial charge on any atom is 0.264 e. The Balaban J connectivity index is 1.71. The maximum atomic E-state index is 10.9. The fourth-order valence-electron chi connectivity index (χ4n) is 2.42. The highest BCUT2D eigenvalue weighted by Crippen LogP contribution is 2.35. The van der Waals surface area contributed by atoms with Crippen molar-refractivity contribution < 1.29 is 17.3 Å². The first-order chi connectivity index (χ1) is 8.04. The number of nitrogens with zero attached hydrogens (tertiary/aromatic N) is 1. The average Bonchev–Trinajstić information content (AvgIpc) is 2.24. The molecule has 5 nitrogen and oxygen atoms in total. The molecule has 0 radical (unpaired) electrons. The summed E-state index contributed by atoms with van der Waals surface area (Å²) < 4.78 is 32.0. The molecule has 0 N–H and O–H groups in total. The summed E-state index contributed by atoms with van der Waals surface area (Å²) in [5, 5.41) is 0. The third-order valence-electron chi connectivity index (χ3n) is 3.67. The lowest BCUT2D eigenvalue weighted by atomic mass is 9.74. The van der Waals surface area contributed by atoms with Gasteiger partial charge >= 0.3 is 0 Å². The van der Waals surface area contributed by atoms with Crippen LogP contribution in [0.4, 0.5) is 0 Å². The SMILES string of the molecule is CS(=O)(=O)OC[C@@H]1CC[C@@H]1CN1CCOCC1. The van der Waals surface area contributed by atoms with Gasteiger partial charge in [0, 0.05) is 19.6 Å². The average molecular weight is 263 g/mol. The number of hydrogen-bond acceptors (Lipinski definition) is 5. The van der Waals surface area contributed by atoms with E-state index in [0.717, 1.165) is 45.5 Å². The number of ether oxygens (including phenoxy) is 1. The molecule has 0 aromatic rings. The number of morpholine rings is 1. The van der Waals surface area contributed by atoms with E-state index >= 15 is 0 Å². The van der Waals surface area contributed by atoms with Crippen molar-refractivity contribution in [3.63, 3.8) is 0 Å². The molecule has 17 heavy (non-hydrogen) atoms. The molecule has 1 saturated heterocycles. The van der Waals surface area contributed by atoms with Crippen LogP contribution in [-0.4, -0.2) is 59.0 Å². The minimum Gasteiger partial charge on any atom is -0.379 e. The van der Waals surface area contributed by atoms with Gasteiger partial charge in [0.05, 0.1) is 26.1 Å². The van der Waals surface area contributed by atoms with Crippen LogP contribution in [0.25, 0.3) is 0 Å². The lowest BCUT2D eigenvalue weighted by Crippen LogP contribution is -2.44. The van der Waals surface area contributed by atoms with Crippen LogP contribution >= 0.6 is 0 Å². The third kappa shape index (κ3) is 4.21. The molecule has 100 valence electrons. The van der Waals surface area contributed by atoms with Gasteiger partial charge in [-0.2, -0.15) is 8.42 Å². The van der Waals surface area contributed by atoms with E-state index in [4.69, 9.17) is 8.92 Å². The second kappa shape index (κ2) is 5.65. The van der Waals surface area contributed by atoms with Crippen molar-refractivity contribution in [2.24, 2.45) is 11.8 Å². The molecule has 6 heteroatoms. The molecule has 0 unspecified atom stereocenters. The van der Waals surface area contributed by atoms with E-state index in [-0.39, 0.29) is 0 Å². The Morgan fingerprint density at radius 3 is 2.41 bits per heavy atom. The normalized spacial score (nSPS) is 31.1. The van der Waals surface area contributed by atoms with Gasteiger partial charge in [0.1, 0.15) is 0 Å². The molecule has 2 aliphatic rings. The summed E-state index contributed by atoms with van der Waals surface area (Å²) >= 11 is 0. The van der Waals surface area contributed by atoms with Gasteiger partial charge in [-0.1, -0.05) is 0 Å². The molecule has 2 rings (SSSR count). The van der Waals surface area contributed by atoms with Gasteiger partial charge in [-0.25, -0.2) is 0 Å². The van der Waals surface area contributed by atoms with Crippen LogP contribution in [0.3, 0.4) is 0 Å². The Kier molecular flexibility index (Phi) is 4.41. The minimum absolute atomic E-state index is 0.355. The first-order valence-corrected chi connectivity index (χ1v) is 8.01. The van der Waals surface area contributed by atoms with Gasteiger partial charge < -0.3 is 4.74 Å². The minimum atomic E-state index is -3.29. The van der Waals surface area contributed by atoms with E-state index in [2.05, 4.69) is 4.90 Å². The van der Waals surface area contributed by atoms with Crippen LogP contribution in [-0.2, 0) is 19.0 Å². The van der Waals surface area contributed by atoms with E-state index in [1.165, 1.54) is 6.42 Å². The topological polar surface area (TPSA) is 55.8 Å².